The van der Waals surface area contributed by atoms with Crippen LogP contribution in [0.15, 0.2) is 249 Å². The van der Waals surface area contributed by atoms with Crippen LogP contribution in [-0.2, 0) is 5.41 Å². The first kappa shape index (κ1) is 39.3. The first-order chi connectivity index (χ1) is 32.5. The second kappa shape index (κ2) is 16.1. The Balaban J connectivity index is 1.03. The second-order valence-electron chi connectivity index (χ2n) is 18.0. The van der Waals surface area contributed by atoms with Crippen LogP contribution in [0, 0.1) is 0 Å². The van der Waals surface area contributed by atoms with E-state index < -0.39 is 0 Å². The number of rotatable bonds is 8. The van der Waals surface area contributed by atoms with E-state index in [4.69, 9.17) is 0 Å². The van der Waals surface area contributed by atoms with E-state index in [1.54, 1.807) is 0 Å². The van der Waals surface area contributed by atoms with E-state index >= 15 is 0 Å². The van der Waals surface area contributed by atoms with Gasteiger partial charge in [0, 0.05) is 22.4 Å². The van der Waals surface area contributed by atoms with Crippen LogP contribution < -0.4 is 4.90 Å². The maximum Gasteiger partial charge on any atom is 0.0540 e. The molecule has 0 spiro atoms. The quantitative estimate of drug-likeness (QED) is 0.147. The third-order valence-corrected chi connectivity index (χ3v) is 13.9. The first-order valence-electron chi connectivity index (χ1n) is 23.0. The number of para-hydroxylation sites is 1. The Morgan fingerprint density at radius 1 is 0.273 bits per heavy atom. The van der Waals surface area contributed by atoms with Gasteiger partial charge in [-0.3, -0.25) is 0 Å². The molecule has 0 atom stereocenters. The smallest absolute Gasteiger partial charge is 0.0540 e. The first-order valence-corrected chi connectivity index (χ1v) is 23.0. The average molecular weight is 842 g/mol. The summed E-state index contributed by atoms with van der Waals surface area (Å²) in [6, 6.07) is 91.3. The molecular formula is C65H47N. The van der Waals surface area contributed by atoms with Gasteiger partial charge in [-0.15, -0.1) is 0 Å². The lowest BCUT2D eigenvalue weighted by atomic mass is 9.82. The second-order valence-corrected chi connectivity index (χ2v) is 18.0. The molecule has 0 aromatic heterocycles. The maximum absolute atomic E-state index is 2.45. The summed E-state index contributed by atoms with van der Waals surface area (Å²) < 4.78 is 0. The van der Waals surface area contributed by atoms with Crippen molar-refractivity contribution in [3.8, 4) is 66.8 Å². The van der Waals surface area contributed by atoms with Crippen LogP contribution >= 0.6 is 0 Å². The predicted octanol–water partition coefficient (Wildman–Crippen LogP) is 18.1. The fourth-order valence-corrected chi connectivity index (χ4v) is 10.8. The van der Waals surface area contributed by atoms with Crippen LogP contribution in [0.3, 0.4) is 0 Å². The van der Waals surface area contributed by atoms with Crippen molar-refractivity contribution in [1.29, 1.82) is 0 Å². The van der Waals surface area contributed by atoms with E-state index in [1.807, 2.05) is 0 Å². The van der Waals surface area contributed by atoms with Gasteiger partial charge in [0.1, 0.15) is 0 Å². The molecule has 1 heteroatoms. The van der Waals surface area contributed by atoms with Gasteiger partial charge in [0.25, 0.3) is 0 Å². The molecule has 0 unspecified atom stereocenters. The summed E-state index contributed by atoms with van der Waals surface area (Å²) in [5.41, 5.74) is 20.8. The lowest BCUT2D eigenvalue weighted by molar-refractivity contribution is 0.660. The fraction of sp³-hybridized carbons (Fsp3) is 0.0462. The summed E-state index contributed by atoms with van der Waals surface area (Å²) in [6.07, 6.45) is 0. The van der Waals surface area contributed by atoms with Gasteiger partial charge in [-0.05, 0) is 124 Å². The van der Waals surface area contributed by atoms with Gasteiger partial charge in [0.15, 0.2) is 0 Å². The predicted molar refractivity (Wildman–Crippen MR) is 281 cm³/mol. The molecule has 0 aliphatic heterocycles. The minimum Gasteiger partial charge on any atom is -0.310 e. The van der Waals surface area contributed by atoms with Crippen LogP contribution in [0.4, 0.5) is 17.1 Å². The Morgan fingerprint density at radius 3 is 1.14 bits per heavy atom. The van der Waals surface area contributed by atoms with Crippen LogP contribution in [0.1, 0.15) is 25.0 Å². The molecule has 11 aromatic carbocycles. The minimum atomic E-state index is -0.105. The van der Waals surface area contributed by atoms with Gasteiger partial charge in [0.05, 0.1) is 5.69 Å². The summed E-state index contributed by atoms with van der Waals surface area (Å²) in [6.45, 7) is 4.72. The zero-order valence-electron chi connectivity index (χ0n) is 37.1. The van der Waals surface area contributed by atoms with Crippen LogP contribution in [0.5, 0.6) is 0 Å². The van der Waals surface area contributed by atoms with Gasteiger partial charge in [-0.1, -0.05) is 232 Å². The third kappa shape index (κ3) is 6.55. The Bertz CT molecular complexity index is 3410. The van der Waals surface area contributed by atoms with E-state index in [1.165, 1.54) is 99.4 Å². The van der Waals surface area contributed by atoms with Gasteiger partial charge in [-0.25, -0.2) is 0 Å². The topological polar surface area (TPSA) is 3.24 Å². The molecule has 0 fully saturated rings. The fourth-order valence-electron chi connectivity index (χ4n) is 10.8. The Morgan fingerprint density at radius 2 is 0.636 bits per heavy atom. The molecule has 0 radical (unpaired) electrons. The minimum absolute atomic E-state index is 0.105. The van der Waals surface area contributed by atoms with E-state index in [0.717, 1.165) is 17.1 Å². The highest BCUT2D eigenvalue weighted by molar-refractivity contribution is 6.08. The summed E-state index contributed by atoms with van der Waals surface area (Å²) in [5, 5.41) is 5.00. The van der Waals surface area contributed by atoms with Gasteiger partial charge >= 0.3 is 0 Å². The van der Waals surface area contributed by atoms with E-state index in [-0.39, 0.29) is 5.41 Å². The van der Waals surface area contributed by atoms with Crippen molar-refractivity contribution in [2.45, 2.75) is 19.3 Å². The largest absolute Gasteiger partial charge is 0.310 e. The zero-order valence-corrected chi connectivity index (χ0v) is 37.1. The molecule has 0 saturated heterocycles. The molecule has 1 aliphatic carbocycles. The maximum atomic E-state index is 2.45. The number of benzene rings is 11. The summed E-state index contributed by atoms with van der Waals surface area (Å²) in [7, 11) is 0. The van der Waals surface area contributed by atoms with Crippen molar-refractivity contribution in [2.75, 3.05) is 4.90 Å². The van der Waals surface area contributed by atoms with Crippen molar-refractivity contribution in [3.05, 3.63) is 260 Å². The lowest BCUT2D eigenvalue weighted by Gasteiger charge is -2.29. The number of anilines is 3. The molecule has 0 saturated carbocycles. The molecule has 1 nitrogen and oxygen atoms in total. The highest BCUT2D eigenvalue weighted by Crippen LogP contribution is 2.54. The van der Waals surface area contributed by atoms with E-state index in [2.05, 4.69) is 267 Å². The highest BCUT2D eigenvalue weighted by atomic mass is 15.1. The van der Waals surface area contributed by atoms with Crippen molar-refractivity contribution in [3.63, 3.8) is 0 Å². The normalized spacial score (nSPS) is 12.5. The van der Waals surface area contributed by atoms with Crippen LogP contribution in [-0.4, -0.2) is 0 Å². The van der Waals surface area contributed by atoms with Gasteiger partial charge in [-0.2, -0.15) is 0 Å². The van der Waals surface area contributed by atoms with E-state index in [9.17, 15) is 0 Å². The SMILES string of the molecule is CC1(C)c2ccccc2-c2c(-c3ccccc3N(c3ccc(-c4cccc5cccc(-c6ccccc6)c45)cc3)c3ccc(-c4cccc5cccc(-c6ccccc6)c45)cc3)cccc21. The Hall–Kier alpha value is -8.26. The molecule has 12 rings (SSSR count). The summed E-state index contributed by atoms with van der Waals surface area (Å²) in [5.74, 6) is 0. The molecule has 0 heterocycles. The molecule has 0 amide bonds. The monoisotopic (exact) mass is 841 g/mol. The van der Waals surface area contributed by atoms with Crippen molar-refractivity contribution in [2.24, 2.45) is 0 Å². The number of nitrogens with zero attached hydrogens (tertiary/aromatic N) is 1. The van der Waals surface area contributed by atoms with Crippen molar-refractivity contribution < 1.29 is 0 Å². The highest BCUT2D eigenvalue weighted by Gasteiger charge is 2.37. The van der Waals surface area contributed by atoms with Crippen molar-refractivity contribution >= 4 is 38.6 Å². The van der Waals surface area contributed by atoms with Crippen LogP contribution in [0.2, 0.25) is 0 Å². The van der Waals surface area contributed by atoms with Crippen molar-refractivity contribution in [1.82, 2.24) is 0 Å². The Labute approximate surface area is 387 Å². The molecule has 11 aromatic rings. The summed E-state index contributed by atoms with van der Waals surface area (Å²) >= 11 is 0. The Kier molecular flexibility index (Phi) is 9.58. The lowest BCUT2D eigenvalue weighted by Crippen LogP contribution is -2.14. The molecule has 1 aliphatic rings. The van der Waals surface area contributed by atoms with Gasteiger partial charge in [0.2, 0.25) is 0 Å². The molecule has 0 bridgehead atoms. The standard InChI is InChI=1S/C65H47N/c1-65(2)59-33-11-9-27-58(59)64-57(32-17-34-60(64)65)56-26-10-12-35-61(56)66(50-40-36-46(37-41-50)54-30-15-24-48-22-13-28-52(62(48)54)44-18-5-3-6-19-44)51-42-38-47(39-43-51)55-31-16-25-49-23-14-29-53(63(49)55)45-20-7-4-8-21-45/h3-43H,1-2H3. The average Bonchev–Trinajstić information content (AvgIpc) is 3.62. The molecule has 0 N–H and O–H groups in total. The molecular weight excluding hydrogens is 795 g/mol. The molecule has 66 heavy (non-hydrogen) atoms. The molecule has 312 valence electrons. The van der Waals surface area contributed by atoms with Crippen LogP contribution in [0.25, 0.3) is 88.3 Å². The van der Waals surface area contributed by atoms with Gasteiger partial charge < -0.3 is 4.90 Å². The number of fused-ring (bicyclic) bond motifs is 5. The number of hydrogen-bond acceptors (Lipinski definition) is 1. The third-order valence-electron chi connectivity index (χ3n) is 13.9. The summed E-state index contributed by atoms with van der Waals surface area (Å²) in [4.78, 5) is 2.45. The number of hydrogen-bond donors (Lipinski definition) is 0. The van der Waals surface area contributed by atoms with E-state index in [0.29, 0.717) is 0 Å². The zero-order chi connectivity index (χ0) is 44.2.